The fraction of sp³-hybridized carbons (Fsp3) is 0.625. The fourth-order valence-corrected chi connectivity index (χ4v) is 3.60. The van der Waals surface area contributed by atoms with Gasteiger partial charge in [0.2, 0.25) is 0 Å². The van der Waals surface area contributed by atoms with E-state index in [2.05, 4.69) is 6.58 Å². The molecule has 3 aliphatic carbocycles. The van der Waals surface area contributed by atoms with Gasteiger partial charge in [-0.15, -0.1) is 6.58 Å². The van der Waals surface area contributed by atoms with Crippen molar-refractivity contribution in [3.8, 4) is 0 Å². The maximum absolute atomic E-state index is 12.7. The number of ether oxygens (including phenoxy) is 2. The SMILES string of the molecule is C=CCC1=C[C@]2(OC)C(=O)C(CO)[C@H]1C[C@@H]2C(=O)OCC. The number of aliphatic hydroxyl groups is 1. The van der Waals surface area contributed by atoms with Crippen LogP contribution in [0.4, 0.5) is 0 Å². The standard InChI is InChI=1S/C16H22O5/c1-4-6-10-8-16(20-3)13(15(19)21-5-2)7-11(10)12(9-17)14(16)18/h4,8,11-13,17H,1,5-7,9H2,2-3H3/t11-,12?,13+,16+/m0/s1. The van der Waals surface area contributed by atoms with Crippen LogP contribution in [-0.4, -0.2) is 42.8 Å². The number of aliphatic hydroxyl groups excluding tert-OH is 1. The third kappa shape index (κ3) is 2.34. The molecule has 0 heterocycles. The molecule has 1 saturated carbocycles. The lowest BCUT2D eigenvalue weighted by atomic mass is 9.57. The molecule has 0 aromatic heterocycles. The molecule has 4 atom stereocenters. The van der Waals surface area contributed by atoms with E-state index in [1.54, 1.807) is 19.1 Å². The van der Waals surface area contributed by atoms with Crippen LogP contribution in [0.5, 0.6) is 0 Å². The Balaban J connectivity index is 2.47. The van der Waals surface area contributed by atoms with E-state index in [4.69, 9.17) is 9.47 Å². The maximum Gasteiger partial charge on any atom is 0.312 e. The summed E-state index contributed by atoms with van der Waals surface area (Å²) in [7, 11) is 1.42. The molecule has 5 nitrogen and oxygen atoms in total. The molecule has 0 radical (unpaired) electrons. The summed E-state index contributed by atoms with van der Waals surface area (Å²) < 4.78 is 10.6. The molecule has 2 bridgehead atoms. The van der Waals surface area contributed by atoms with Gasteiger partial charge in [-0.2, -0.15) is 0 Å². The van der Waals surface area contributed by atoms with Crippen molar-refractivity contribution in [2.75, 3.05) is 20.3 Å². The molecule has 0 aromatic carbocycles. The number of hydrogen-bond acceptors (Lipinski definition) is 5. The van der Waals surface area contributed by atoms with Gasteiger partial charge in [0, 0.05) is 7.11 Å². The van der Waals surface area contributed by atoms with Crippen LogP contribution in [0, 0.1) is 17.8 Å². The molecule has 0 saturated heterocycles. The number of esters is 1. The van der Waals surface area contributed by atoms with Crippen molar-refractivity contribution in [2.45, 2.75) is 25.4 Å². The summed E-state index contributed by atoms with van der Waals surface area (Å²) in [4.78, 5) is 24.9. The lowest BCUT2D eigenvalue weighted by Crippen LogP contribution is -2.62. The van der Waals surface area contributed by atoms with Crippen molar-refractivity contribution in [1.29, 1.82) is 0 Å². The highest BCUT2D eigenvalue weighted by molar-refractivity contribution is 5.99. The summed E-state index contributed by atoms with van der Waals surface area (Å²) in [6.45, 7) is 5.48. The molecule has 1 fully saturated rings. The number of ketones is 1. The van der Waals surface area contributed by atoms with Gasteiger partial charge in [0.25, 0.3) is 0 Å². The van der Waals surface area contributed by atoms with E-state index < -0.39 is 23.4 Å². The number of methoxy groups -OCH3 is 1. The topological polar surface area (TPSA) is 72.8 Å². The van der Waals surface area contributed by atoms with Gasteiger partial charge in [-0.05, 0) is 31.8 Å². The second-order valence-electron chi connectivity index (χ2n) is 5.51. The third-order valence-corrected chi connectivity index (χ3v) is 4.58. The van der Waals surface area contributed by atoms with Gasteiger partial charge in [-0.3, -0.25) is 9.59 Å². The Hall–Kier alpha value is -1.46. The molecule has 1 unspecified atom stereocenters. The normalized spacial score (nSPS) is 34.5. The van der Waals surface area contributed by atoms with Gasteiger partial charge < -0.3 is 14.6 Å². The zero-order valence-electron chi connectivity index (χ0n) is 12.5. The zero-order valence-corrected chi connectivity index (χ0v) is 12.5. The summed E-state index contributed by atoms with van der Waals surface area (Å²) in [5, 5.41) is 9.56. The van der Waals surface area contributed by atoms with Crippen molar-refractivity contribution >= 4 is 11.8 Å². The predicted octanol–water partition coefficient (Wildman–Crippen LogP) is 1.26. The van der Waals surface area contributed by atoms with Crippen LogP contribution < -0.4 is 0 Å². The Bertz CT molecular complexity index is 481. The van der Waals surface area contributed by atoms with Crippen LogP contribution >= 0.6 is 0 Å². The van der Waals surface area contributed by atoms with Crippen molar-refractivity contribution in [2.24, 2.45) is 17.8 Å². The van der Waals surface area contributed by atoms with Crippen molar-refractivity contribution in [3.63, 3.8) is 0 Å². The van der Waals surface area contributed by atoms with Crippen LogP contribution in [0.3, 0.4) is 0 Å². The van der Waals surface area contributed by atoms with Crippen molar-refractivity contribution < 1.29 is 24.2 Å². The van der Waals surface area contributed by atoms with Crippen molar-refractivity contribution in [3.05, 3.63) is 24.3 Å². The van der Waals surface area contributed by atoms with Gasteiger partial charge in [-0.1, -0.05) is 11.6 Å². The second kappa shape index (κ2) is 6.12. The van der Waals surface area contributed by atoms with E-state index in [9.17, 15) is 14.7 Å². The number of fused-ring (bicyclic) bond motifs is 2. The Morgan fingerprint density at radius 3 is 2.86 bits per heavy atom. The Kier molecular flexibility index (Phi) is 4.64. The Morgan fingerprint density at radius 1 is 1.62 bits per heavy atom. The molecule has 3 rings (SSSR count). The van der Waals surface area contributed by atoms with Gasteiger partial charge in [0.05, 0.1) is 25.0 Å². The maximum atomic E-state index is 12.7. The molecular weight excluding hydrogens is 272 g/mol. The van der Waals surface area contributed by atoms with Gasteiger partial charge in [0.15, 0.2) is 11.4 Å². The molecule has 0 aromatic rings. The predicted molar refractivity (Wildman–Crippen MR) is 76.4 cm³/mol. The van der Waals surface area contributed by atoms with E-state index in [0.29, 0.717) is 12.8 Å². The van der Waals surface area contributed by atoms with Crippen LogP contribution in [0.2, 0.25) is 0 Å². The molecule has 0 spiro atoms. The van der Waals surface area contributed by atoms with Crippen LogP contribution in [0.15, 0.2) is 24.3 Å². The van der Waals surface area contributed by atoms with Crippen molar-refractivity contribution in [1.82, 2.24) is 0 Å². The van der Waals surface area contributed by atoms with Gasteiger partial charge in [0.1, 0.15) is 0 Å². The summed E-state index contributed by atoms with van der Waals surface area (Å²) in [5.74, 6) is -1.95. The number of hydrogen-bond donors (Lipinski definition) is 1. The number of rotatable bonds is 6. The molecule has 21 heavy (non-hydrogen) atoms. The van der Waals surface area contributed by atoms with E-state index >= 15 is 0 Å². The van der Waals surface area contributed by atoms with Crippen LogP contribution in [0.1, 0.15) is 19.8 Å². The Labute approximate surface area is 124 Å². The molecule has 0 aliphatic heterocycles. The first kappa shape index (κ1) is 15.9. The zero-order chi connectivity index (χ0) is 15.6. The molecular formula is C16H22O5. The van der Waals surface area contributed by atoms with Crippen LogP contribution in [-0.2, 0) is 19.1 Å². The highest BCUT2D eigenvalue weighted by Gasteiger charge is 2.60. The van der Waals surface area contributed by atoms with E-state index in [-0.39, 0.29) is 24.9 Å². The number of Topliss-reactive ketones (excluding diaryl/α,β-unsaturated/α-hetero) is 1. The summed E-state index contributed by atoms with van der Waals surface area (Å²) >= 11 is 0. The summed E-state index contributed by atoms with van der Waals surface area (Å²) in [6, 6.07) is 0. The van der Waals surface area contributed by atoms with Gasteiger partial charge in [-0.25, -0.2) is 0 Å². The summed E-state index contributed by atoms with van der Waals surface area (Å²) in [6.07, 6.45) is 4.59. The number of allylic oxidation sites excluding steroid dienone is 2. The minimum Gasteiger partial charge on any atom is -0.466 e. The average Bonchev–Trinajstić information content (AvgIpc) is 2.48. The average molecular weight is 294 g/mol. The number of carbonyl (C=O) groups is 2. The smallest absolute Gasteiger partial charge is 0.312 e. The van der Waals surface area contributed by atoms with E-state index in [1.807, 2.05) is 0 Å². The van der Waals surface area contributed by atoms with Gasteiger partial charge >= 0.3 is 5.97 Å². The quantitative estimate of drug-likeness (QED) is 0.590. The number of carbonyl (C=O) groups excluding carboxylic acids is 2. The minimum atomic E-state index is -1.31. The third-order valence-electron chi connectivity index (χ3n) is 4.58. The first-order chi connectivity index (χ1) is 10.1. The highest BCUT2D eigenvalue weighted by atomic mass is 16.5. The molecule has 1 N–H and O–H groups in total. The summed E-state index contributed by atoms with van der Waals surface area (Å²) in [5.41, 5.74) is -0.307. The van der Waals surface area contributed by atoms with E-state index in [1.165, 1.54) is 7.11 Å². The minimum absolute atomic E-state index is 0.146. The lowest BCUT2D eigenvalue weighted by Gasteiger charge is -2.50. The first-order valence-corrected chi connectivity index (χ1v) is 7.25. The first-order valence-electron chi connectivity index (χ1n) is 7.25. The molecule has 0 amide bonds. The largest absolute Gasteiger partial charge is 0.466 e. The second-order valence-corrected chi connectivity index (χ2v) is 5.51. The molecule has 5 heteroatoms. The van der Waals surface area contributed by atoms with Crippen LogP contribution in [0.25, 0.3) is 0 Å². The lowest BCUT2D eigenvalue weighted by molar-refractivity contribution is -0.176. The monoisotopic (exact) mass is 294 g/mol. The molecule has 3 aliphatic rings. The van der Waals surface area contributed by atoms with E-state index in [0.717, 1.165) is 5.57 Å². The molecule has 116 valence electrons. The Morgan fingerprint density at radius 2 is 2.33 bits per heavy atom. The highest BCUT2D eigenvalue weighted by Crippen LogP contribution is 2.50. The fourth-order valence-electron chi connectivity index (χ4n) is 3.60.